The molecule has 14 heavy (non-hydrogen) atoms. The first-order valence-electron chi connectivity index (χ1n) is 4.17. The number of nitrogens with one attached hydrogen (secondary N) is 1. The Morgan fingerprint density at radius 2 is 2.14 bits per heavy atom. The largest absolute Gasteiger partial charge is 0.290 e. The van der Waals surface area contributed by atoms with Crippen molar-refractivity contribution in [3.8, 4) is 0 Å². The van der Waals surface area contributed by atoms with Crippen LogP contribution in [0.1, 0.15) is 10.4 Å². The summed E-state index contributed by atoms with van der Waals surface area (Å²) in [5.74, 6) is 4.77. The molecule has 3 N–H and O–H groups in total. The molecule has 4 nitrogen and oxygen atoms in total. The lowest BCUT2D eigenvalue weighted by molar-refractivity contribution is 0.0955. The van der Waals surface area contributed by atoms with Crippen LogP contribution in [0.2, 0.25) is 0 Å². The maximum absolute atomic E-state index is 11.4. The second-order valence-corrected chi connectivity index (χ2v) is 2.85. The molecule has 0 spiro atoms. The summed E-state index contributed by atoms with van der Waals surface area (Å²) in [6.45, 7) is 0. The van der Waals surface area contributed by atoms with E-state index in [-0.39, 0.29) is 5.91 Å². The van der Waals surface area contributed by atoms with Gasteiger partial charge in [0, 0.05) is 11.6 Å². The average molecular weight is 187 g/mol. The fourth-order valence-electron chi connectivity index (χ4n) is 1.38. The quantitative estimate of drug-likeness (QED) is 0.395. The van der Waals surface area contributed by atoms with Gasteiger partial charge in [-0.15, -0.1) is 0 Å². The normalized spacial score (nSPS) is 10.1. The number of carbonyl (C=O) groups is 1. The average Bonchev–Trinajstić information content (AvgIpc) is 2.27. The Bertz CT molecular complexity index is 476. The van der Waals surface area contributed by atoms with Crippen LogP contribution in [0.25, 0.3) is 10.9 Å². The van der Waals surface area contributed by atoms with Crippen LogP contribution in [-0.2, 0) is 0 Å². The highest BCUT2D eigenvalue weighted by Gasteiger charge is 2.07. The monoisotopic (exact) mass is 187 g/mol. The highest BCUT2D eigenvalue weighted by molar-refractivity contribution is 6.05. The molecule has 0 bridgehead atoms. The summed E-state index contributed by atoms with van der Waals surface area (Å²) in [4.78, 5) is 15.5. The molecule has 1 aromatic carbocycles. The highest BCUT2D eigenvalue weighted by Crippen LogP contribution is 2.15. The third kappa shape index (κ3) is 1.31. The maximum Gasteiger partial charge on any atom is 0.265 e. The van der Waals surface area contributed by atoms with E-state index in [0.29, 0.717) is 5.56 Å². The van der Waals surface area contributed by atoms with Gasteiger partial charge in [0.05, 0.1) is 11.1 Å². The first-order chi connectivity index (χ1) is 6.83. The van der Waals surface area contributed by atoms with Gasteiger partial charge in [-0.2, -0.15) is 0 Å². The van der Waals surface area contributed by atoms with Crippen LogP contribution in [0.4, 0.5) is 0 Å². The number of nitrogens with two attached hydrogens (primary N) is 1. The molecule has 70 valence electrons. The van der Waals surface area contributed by atoms with Crippen molar-refractivity contribution >= 4 is 16.8 Å². The molecule has 0 radical (unpaired) electrons. The van der Waals surface area contributed by atoms with Gasteiger partial charge in [0.15, 0.2) is 0 Å². The van der Waals surface area contributed by atoms with Crippen molar-refractivity contribution in [3.63, 3.8) is 0 Å². The predicted molar refractivity (Wildman–Crippen MR) is 53.4 cm³/mol. The van der Waals surface area contributed by atoms with Crippen molar-refractivity contribution < 1.29 is 4.79 Å². The number of hydrogen-bond donors (Lipinski definition) is 2. The minimum absolute atomic E-state index is 0.302. The molecule has 0 fully saturated rings. The fraction of sp³-hybridized carbons (Fsp3) is 0. The summed E-state index contributed by atoms with van der Waals surface area (Å²) in [6, 6.07) is 8.97. The number of hydrazine groups is 1. The fourth-order valence-corrected chi connectivity index (χ4v) is 1.38. The zero-order chi connectivity index (χ0) is 9.97. The van der Waals surface area contributed by atoms with E-state index in [1.807, 2.05) is 12.1 Å². The van der Waals surface area contributed by atoms with E-state index in [4.69, 9.17) is 5.84 Å². The molecular weight excluding hydrogens is 178 g/mol. The predicted octanol–water partition coefficient (Wildman–Crippen LogP) is 0.838. The Morgan fingerprint density at radius 3 is 2.93 bits per heavy atom. The van der Waals surface area contributed by atoms with E-state index in [1.54, 1.807) is 24.4 Å². The summed E-state index contributed by atoms with van der Waals surface area (Å²) >= 11 is 0. The Kier molecular flexibility index (Phi) is 2.12. The third-order valence-corrected chi connectivity index (χ3v) is 2.02. The minimum atomic E-state index is -0.302. The first-order valence-corrected chi connectivity index (χ1v) is 4.17. The van der Waals surface area contributed by atoms with E-state index in [2.05, 4.69) is 10.4 Å². The number of benzene rings is 1. The van der Waals surface area contributed by atoms with Crippen molar-refractivity contribution in [2.24, 2.45) is 5.84 Å². The summed E-state index contributed by atoms with van der Waals surface area (Å²) in [6.07, 6.45) is 1.69. The van der Waals surface area contributed by atoms with Crippen molar-refractivity contribution in [1.82, 2.24) is 10.4 Å². The first kappa shape index (κ1) is 8.65. The Labute approximate surface area is 80.7 Å². The van der Waals surface area contributed by atoms with Gasteiger partial charge in [-0.1, -0.05) is 12.1 Å². The molecule has 1 amide bonds. The molecule has 0 unspecified atom stereocenters. The molecule has 0 aliphatic carbocycles. The SMILES string of the molecule is NNC(=O)c1cccc2ncccc12. The Hall–Kier alpha value is -1.94. The molecule has 0 saturated carbocycles. The molecule has 1 aromatic heterocycles. The standard InChI is InChI=1S/C10H9N3O/c11-13-10(14)8-3-1-5-9-7(8)4-2-6-12-9/h1-6H,11H2,(H,13,14). The van der Waals surface area contributed by atoms with E-state index in [0.717, 1.165) is 10.9 Å². The van der Waals surface area contributed by atoms with Gasteiger partial charge in [-0.3, -0.25) is 15.2 Å². The van der Waals surface area contributed by atoms with Gasteiger partial charge >= 0.3 is 0 Å². The molecule has 4 heteroatoms. The second kappa shape index (κ2) is 3.43. The minimum Gasteiger partial charge on any atom is -0.290 e. The van der Waals surface area contributed by atoms with Crippen molar-refractivity contribution in [3.05, 3.63) is 42.1 Å². The summed E-state index contributed by atoms with van der Waals surface area (Å²) in [5.41, 5.74) is 3.43. The van der Waals surface area contributed by atoms with Crippen molar-refractivity contribution in [1.29, 1.82) is 0 Å². The smallest absolute Gasteiger partial charge is 0.265 e. The summed E-state index contributed by atoms with van der Waals surface area (Å²) in [7, 11) is 0. The number of nitrogens with zero attached hydrogens (tertiary/aromatic N) is 1. The van der Waals surface area contributed by atoms with Gasteiger partial charge < -0.3 is 0 Å². The van der Waals surface area contributed by atoms with E-state index in [1.165, 1.54) is 0 Å². The van der Waals surface area contributed by atoms with Gasteiger partial charge in [-0.05, 0) is 18.2 Å². The molecule has 2 rings (SSSR count). The van der Waals surface area contributed by atoms with Gasteiger partial charge in [0.25, 0.3) is 5.91 Å². The number of fused-ring (bicyclic) bond motifs is 1. The summed E-state index contributed by atoms with van der Waals surface area (Å²) in [5, 5.41) is 0.804. The molecular formula is C10H9N3O. The number of aromatic nitrogens is 1. The molecule has 0 saturated heterocycles. The maximum atomic E-state index is 11.4. The highest BCUT2D eigenvalue weighted by atomic mass is 16.2. The molecule has 0 aliphatic rings. The van der Waals surface area contributed by atoms with Crippen LogP contribution in [0.5, 0.6) is 0 Å². The lowest BCUT2D eigenvalue weighted by Gasteiger charge is -2.03. The number of carbonyl (C=O) groups excluding carboxylic acids is 1. The van der Waals surface area contributed by atoms with Crippen LogP contribution in [0, 0.1) is 0 Å². The van der Waals surface area contributed by atoms with Crippen LogP contribution < -0.4 is 11.3 Å². The Morgan fingerprint density at radius 1 is 1.29 bits per heavy atom. The third-order valence-electron chi connectivity index (χ3n) is 2.02. The number of hydrogen-bond acceptors (Lipinski definition) is 3. The van der Waals surface area contributed by atoms with E-state index in [9.17, 15) is 4.79 Å². The summed E-state index contributed by atoms with van der Waals surface area (Å²) < 4.78 is 0. The van der Waals surface area contributed by atoms with E-state index < -0.39 is 0 Å². The molecule has 0 aliphatic heterocycles. The lowest BCUT2D eigenvalue weighted by atomic mass is 10.1. The molecule has 1 heterocycles. The number of nitrogen functional groups attached to an aromatic ring is 1. The zero-order valence-electron chi connectivity index (χ0n) is 7.40. The van der Waals surface area contributed by atoms with Gasteiger partial charge in [0.1, 0.15) is 0 Å². The molecule has 0 atom stereocenters. The van der Waals surface area contributed by atoms with Crippen LogP contribution >= 0.6 is 0 Å². The number of pyridine rings is 1. The van der Waals surface area contributed by atoms with Crippen LogP contribution in [0.3, 0.4) is 0 Å². The van der Waals surface area contributed by atoms with Crippen LogP contribution in [-0.4, -0.2) is 10.9 Å². The Balaban J connectivity index is 2.71. The van der Waals surface area contributed by atoms with Crippen LogP contribution in [0.15, 0.2) is 36.5 Å². The van der Waals surface area contributed by atoms with Gasteiger partial charge in [0.2, 0.25) is 0 Å². The van der Waals surface area contributed by atoms with Crippen molar-refractivity contribution in [2.45, 2.75) is 0 Å². The molecule has 2 aromatic rings. The number of rotatable bonds is 1. The van der Waals surface area contributed by atoms with E-state index >= 15 is 0 Å². The second-order valence-electron chi connectivity index (χ2n) is 2.85. The van der Waals surface area contributed by atoms with Gasteiger partial charge in [-0.25, -0.2) is 5.84 Å². The lowest BCUT2D eigenvalue weighted by Crippen LogP contribution is -2.30. The van der Waals surface area contributed by atoms with Crippen molar-refractivity contribution in [2.75, 3.05) is 0 Å². The topological polar surface area (TPSA) is 68.0 Å². The zero-order valence-corrected chi connectivity index (χ0v) is 7.40. The number of amides is 1.